The molecule has 0 spiro atoms. The first-order valence-electron chi connectivity index (χ1n) is 6.87. The van der Waals surface area contributed by atoms with Gasteiger partial charge in [-0.25, -0.2) is 0 Å². The predicted molar refractivity (Wildman–Crippen MR) is 76.5 cm³/mol. The van der Waals surface area contributed by atoms with E-state index in [9.17, 15) is 4.79 Å². The van der Waals surface area contributed by atoms with E-state index in [-0.39, 0.29) is 11.9 Å². The minimum Gasteiger partial charge on any atom is -0.496 e. The molecule has 1 amide bonds. The van der Waals surface area contributed by atoms with E-state index >= 15 is 0 Å². The van der Waals surface area contributed by atoms with Crippen LogP contribution in [-0.4, -0.2) is 31.8 Å². The summed E-state index contributed by atoms with van der Waals surface area (Å²) in [4.78, 5) is 12.4. The molecule has 0 radical (unpaired) electrons. The molecule has 1 fully saturated rings. The first-order valence-corrected chi connectivity index (χ1v) is 6.87. The highest BCUT2D eigenvalue weighted by Crippen LogP contribution is 2.26. The molecule has 1 aliphatic heterocycles. The molecule has 20 heavy (non-hydrogen) atoms. The van der Waals surface area contributed by atoms with E-state index in [1.165, 1.54) is 0 Å². The number of amides is 1. The molecule has 1 aromatic carbocycles. The molecule has 1 aliphatic rings. The fourth-order valence-corrected chi connectivity index (χ4v) is 2.40. The van der Waals surface area contributed by atoms with Crippen LogP contribution in [-0.2, 0) is 9.53 Å². The third-order valence-electron chi connectivity index (χ3n) is 3.79. The van der Waals surface area contributed by atoms with Gasteiger partial charge in [0.15, 0.2) is 0 Å². The normalized spacial score (nSPS) is 19.1. The Hall–Kier alpha value is -1.59. The number of nitrogens with one attached hydrogen (secondary N) is 1. The van der Waals surface area contributed by atoms with Crippen LogP contribution in [0.15, 0.2) is 24.3 Å². The minimum absolute atomic E-state index is 0.126. The Balaban J connectivity index is 2.07. The highest BCUT2D eigenvalue weighted by molar-refractivity contribution is 5.86. The molecule has 3 N–H and O–H groups in total. The summed E-state index contributed by atoms with van der Waals surface area (Å²) in [5, 5.41) is 2.98. The van der Waals surface area contributed by atoms with Crippen molar-refractivity contribution in [2.24, 2.45) is 5.73 Å². The SMILES string of the molecule is COc1ccccc1[C@@H](C)NC(=O)C1(N)CCOCC1. The predicted octanol–water partition coefficient (Wildman–Crippen LogP) is 1.38. The van der Waals surface area contributed by atoms with Crippen LogP contribution < -0.4 is 15.8 Å². The Morgan fingerprint density at radius 2 is 2.05 bits per heavy atom. The maximum atomic E-state index is 12.4. The van der Waals surface area contributed by atoms with Gasteiger partial charge in [-0.2, -0.15) is 0 Å². The average Bonchev–Trinajstić information content (AvgIpc) is 2.47. The van der Waals surface area contributed by atoms with Gasteiger partial charge in [0.25, 0.3) is 0 Å². The molecule has 5 heteroatoms. The van der Waals surface area contributed by atoms with Crippen LogP contribution in [0.25, 0.3) is 0 Å². The van der Waals surface area contributed by atoms with E-state index in [1.807, 2.05) is 31.2 Å². The van der Waals surface area contributed by atoms with Crippen molar-refractivity contribution in [3.8, 4) is 5.75 Å². The Kier molecular flexibility index (Phi) is 4.62. The molecular formula is C15H22N2O3. The van der Waals surface area contributed by atoms with E-state index < -0.39 is 5.54 Å². The summed E-state index contributed by atoms with van der Waals surface area (Å²) in [5.41, 5.74) is 6.29. The van der Waals surface area contributed by atoms with Crippen molar-refractivity contribution >= 4 is 5.91 Å². The number of ether oxygens (including phenoxy) is 2. The van der Waals surface area contributed by atoms with E-state index in [2.05, 4.69) is 5.32 Å². The minimum atomic E-state index is -0.825. The molecule has 1 heterocycles. The van der Waals surface area contributed by atoms with Crippen molar-refractivity contribution in [1.82, 2.24) is 5.32 Å². The van der Waals surface area contributed by atoms with Gasteiger partial charge in [-0.1, -0.05) is 18.2 Å². The highest BCUT2D eigenvalue weighted by Gasteiger charge is 2.36. The smallest absolute Gasteiger partial charge is 0.240 e. The van der Waals surface area contributed by atoms with E-state index in [1.54, 1.807) is 7.11 Å². The Morgan fingerprint density at radius 1 is 1.40 bits per heavy atom. The Bertz CT molecular complexity index is 470. The van der Waals surface area contributed by atoms with Crippen molar-refractivity contribution in [3.05, 3.63) is 29.8 Å². The zero-order valence-electron chi connectivity index (χ0n) is 12.0. The number of carbonyl (C=O) groups excluding carboxylic acids is 1. The largest absolute Gasteiger partial charge is 0.496 e. The molecule has 0 bridgehead atoms. The molecule has 0 saturated carbocycles. The second-order valence-electron chi connectivity index (χ2n) is 5.21. The molecule has 0 aromatic heterocycles. The van der Waals surface area contributed by atoms with Crippen molar-refractivity contribution in [2.75, 3.05) is 20.3 Å². The standard InChI is InChI=1S/C15H22N2O3/c1-11(12-5-3-4-6-13(12)19-2)17-14(18)15(16)7-9-20-10-8-15/h3-6,11H,7-10,16H2,1-2H3,(H,17,18)/t11-/m1/s1. The third kappa shape index (κ3) is 3.11. The molecule has 0 aliphatic carbocycles. The summed E-state index contributed by atoms with van der Waals surface area (Å²) in [5.74, 6) is 0.637. The molecular weight excluding hydrogens is 256 g/mol. The third-order valence-corrected chi connectivity index (χ3v) is 3.79. The van der Waals surface area contributed by atoms with Crippen LogP contribution in [0.2, 0.25) is 0 Å². The lowest BCUT2D eigenvalue weighted by molar-refractivity contribution is -0.130. The summed E-state index contributed by atoms with van der Waals surface area (Å²) in [6.45, 7) is 3.00. The van der Waals surface area contributed by atoms with Crippen LogP contribution >= 0.6 is 0 Å². The van der Waals surface area contributed by atoms with Gasteiger partial charge < -0.3 is 20.5 Å². The van der Waals surface area contributed by atoms with Gasteiger partial charge in [-0.05, 0) is 25.8 Å². The van der Waals surface area contributed by atoms with Gasteiger partial charge >= 0.3 is 0 Å². The van der Waals surface area contributed by atoms with Gasteiger partial charge in [0, 0.05) is 18.8 Å². The lowest BCUT2D eigenvalue weighted by Crippen LogP contribution is -2.57. The summed E-state index contributed by atoms with van der Waals surface area (Å²) < 4.78 is 10.6. The van der Waals surface area contributed by atoms with Crippen LogP contribution in [0, 0.1) is 0 Å². The maximum absolute atomic E-state index is 12.4. The highest BCUT2D eigenvalue weighted by atomic mass is 16.5. The van der Waals surface area contributed by atoms with Crippen molar-refractivity contribution in [3.63, 3.8) is 0 Å². The summed E-state index contributed by atoms with van der Waals surface area (Å²) >= 11 is 0. The second kappa shape index (κ2) is 6.24. The van der Waals surface area contributed by atoms with E-state index in [0.717, 1.165) is 11.3 Å². The second-order valence-corrected chi connectivity index (χ2v) is 5.21. The average molecular weight is 278 g/mol. The number of hydrogen-bond acceptors (Lipinski definition) is 4. The van der Waals surface area contributed by atoms with Gasteiger partial charge in [0.1, 0.15) is 5.75 Å². The van der Waals surface area contributed by atoms with E-state index in [0.29, 0.717) is 26.1 Å². The van der Waals surface area contributed by atoms with Crippen molar-refractivity contribution < 1.29 is 14.3 Å². The fourth-order valence-electron chi connectivity index (χ4n) is 2.40. The number of rotatable bonds is 4. The molecule has 1 atom stereocenters. The molecule has 110 valence electrons. The van der Waals surface area contributed by atoms with Crippen LogP contribution in [0.3, 0.4) is 0 Å². The van der Waals surface area contributed by atoms with E-state index in [4.69, 9.17) is 15.2 Å². The topological polar surface area (TPSA) is 73.6 Å². The van der Waals surface area contributed by atoms with Gasteiger partial charge in [-0.15, -0.1) is 0 Å². The first-order chi connectivity index (χ1) is 9.57. The number of methoxy groups -OCH3 is 1. The van der Waals surface area contributed by atoms with Crippen LogP contribution in [0.1, 0.15) is 31.4 Å². The van der Waals surface area contributed by atoms with Gasteiger partial charge in [0.05, 0.1) is 18.7 Å². The van der Waals surface area contributed by atoms with Gasteiger partial charge in [-0.3, -0.25) is 4.79 Å². The molecule has 5 nitrogen and oxygen atoms in total. The van der Waals surface area contributed by atoms with Crippen molar-refractivity contribution in [1.29, 1.82) is 0 Å². The van der Waals surface area contributed by atoms with Crippen LogP contribution in [0.5, 0.6) is 5.75 Å². The number of nitrogens with two attached hydrogens (primary N) is 1. The number of hydrogen-bond donors (Lipinski definition) is 2. The monoisotopic (exact) mass is 278 g/mol. The fraction of sp³-hybridized carbons (Fsp3) is 0.533. The molecule has 1 saturated heterocycles. The zero-order valence-corrected chi connectivity index (χ0v) is 12.0. The lowest BCUT2D eigenvalue weighted by Gasteiger charge is -2.33. The van der Waals surface area contributed by atoms with Gasteiger partial charge in [0.2, 0.25) is 5.91 Å². The number of para-hydroxylation sites is 1. The molecule has 1 aromatic rings. The molecule has 2 rings (SSSR count). The first kappa shape index (κ1) is 14.8. The maximum Gasteiger partial charge on any atom is 0.240 e. The lowest BCUT2D eigenvalue weighted by atomic mass is 9.90. The summed E-state index contributed by atoms with van der Waals surface area (Å²) in [6.07, 6.45) is 1.11. The Labute approximate surface area is 119 Å². The Morgan fingerprint density at radius 3 is 2.70 bits per heavy atom. The zero-order chi connectivity index (χ0) is 14.6. The summed E-state index contributed by atoms with van der Waals surface area (Å²) in [6, 6.07) is 7.50. The summed E-state index contributed by atoms with van der Waals surface area (Å²) in [7, 11) is 1.62. The number of benzene rings is 1. The molecule has 0 unspecified atom stereocenters. The quantitative estimate of drug-likeness (QED) is 0.872. The number of carbonyl (C=O) groups is 1. The van der Waals surface area contributed by atoms with Crippen LogP contribution in [0.4, 0.5) is 0 Å². The van der Waals surface area contributed by atoms with Crippen molar-refractivity contribution in [2.45, 2.75) is 31.3 Å².